The highest BCUT2D eigenvalue weighted by Crippen LogP contribution is 2.36. The van der Waals surface area contributed by atoms with Gasteiger partial charge in [0.1, 0.15) is 5.82 Å². The van der Waals surface area contributed by atoms with Crippen LogP contribution in [0, 0.1) is 5.92 Å². The molecule has 0 amide bonds. The molecule has 5 nitrogen and oxygen atoms in total. The molecule has 1 fully saturated rings. The highest BCUT2D eigenvalue weighted by atomic mass is 32.1. The first-order valence-corrected chi connectivity index (χ1v) is 15.7. The monoisotopic (exact) mass is 561 g/mol. The third kappa shape index (κ3) is 5.53. The summed E-state index contributed by atoms with van der Waals surface area (Å²) in [5, 5.41) is 9.95. The molecule has 6 heteroatoms. The average Bonchev–Trinajstić information content (AvgIpc) is 3.71. The highest BCUT2D eigenvalue weighted by Gasteiger charge is 2.20. The van der Waals surface area contributed by atoms with E-state index in [0.717, 1.165) is 57.9 Å². The van der Waals surface area contributed by atoms with Gasteiger partial charge in [0.25, 0.3) is 0 Å². The summed E-state index contributed by atoms with van der Waals surface area (Å²) in [5.41, 5.74) is 8.48. The van der Waals surface area contributed by atoms with Gasteiger partial charge in [-0.1, -0.05) is 90.9 Å². The van der Waals surface area contributed by atoms with Crippen molar-refractivity contribution in [3.05, 3.63) is 105 Å². The molecule has 5 aromatic rings. The Labute approximate surface area is 244 Å². The second-order valence-electron chi connectivity index (χ2n) is 11.7. The lowest BCUT2D eigenvalue weighted by Gasteiger charge is -2.16. The number of aromatic nitrogens is 3. The Kier molecular flexibility index (Phi) is 7.09. The Bertz CT molecular complexity index is 1740. The Balaban J connectivity index is 1.01. The number of fused-ring (bicyclic) bond motifs is 1. The van der Waals surface area contributed by atoms with Gasteiger partial charge in [0.2, 0.25) is 5.88 Å². The van der Waals surface area contributed by atoms with Crippen molar-refractivity contribution in [2.45, 2.75) is 63.2 Å². The quantitative estimate of drug-likeness (QED) is 0.181. The third-order valence-corrected chi connectivity index (χ3v) is 9.96. The largest absolute Gasteiger partial charge is 0.494 e. The predicted octanol–water partition coefficient (Wildman–Crippen LogP) is 8.69. The number of aromatic amines is 2. The highest BCUT2D eigenvalue weighted by molar-refractivity contribution is 7.09. The van der Waals surface area contributed by atoms with E-state index < -0.39 is 0 Å². The van der Waals surface area contributed by atoms with Crippen molar-refractivity contribution >= 4 is 22.4 Å². The summed E-state index contributed by atoms with van der Waals surface area (Å²) in [4.78, 5) is 23.0. The van der Waals surface area contributed by atoms with E-state index in [4.69, 9.17) is 4.98 Å². The lowest BCUT2D eigenvalue weighted by atomic mass is 9.89. The molecule has 41 heavy (non-hydrogen) atoms. The Hall–Kier alpha value is -3.90. The van der Waals surface area contributed by atoms with Crippen LogP contribution < -0.4 is 4.87 Å². The fourth-order valence-corrected chi connectivity index (χ4v) is 7.53. The van der Waals surface area contributed by atoms with Crippen molar-refractivity contribution in [2.24, 2.45) is 5.92 Å². The molecule has 0 saturated heterocycles. The molecule has 7 rings (SSSR count). The number of rotatable bonds is 6. The van der Waals surface area contributed by atoms with Crippen LogP contribution in [-0.4, -0.2) is 20.1 Å². The van der Waals surface area contributed by atoms with E-state index in [0.29, 0.717) is 24.2 Å². The molecule has 3 N–H and O–H groups in total. The molecule has 2 aliphatic carbocycles. The minimum absolute atomic E-state index is 0.0311. The molecule has 2 unspecified atom stereocenters. The summed E-state index contributed by atoms with van der Waals surface area (Å²) >= 11 is 1.12. The van der Waals surface area contributed by atoms with Gasteiger partial charge in [0, 0.05) is 5.56 Å². The van der Waals surface area contributed by atoms with Gasteiger partial charge in [-0.15, -0.1) is 0 Å². The van der Waals surface area contributed by atoms with Crippen molar-refractivity contribution in [1.29, 1.82) is 0 Å². The molecule has 0 radical (unpaired) electrons. The minimum Gasteiger partial charge on any atom is -0.494 e. The first-order valence-electron chi connectivity index (χ1n) is 14.9. The number of H-pyrrole nitrogens is 2. The van der Waals surface area contributed by atoms with Crippen LogP contribution in [0.3, 0.4) is 0 Å². The van der Waals surface area contributed by atoms with Crippen LogP contribution in [0.4, 0.5) is 0 Å². The zero-order chi connectivity index (χ0) is 27.8. The first-order chi connectivity index (χ1) is 20.1. The number of thiazole rings is 1. The molecule has 0 bridgehead atoms. The van der Waals surface area contributed by atoms with Crippen LogP contribution >= 0.6 is 11.3 Å². The Morgan fingerprint density at radius 3 is 2.24 bits per heavy atom. The summed E-state index contributed by atoms with van der Waals surface area (Å²) in [6, 6.07) is 24.4. The molecule has 3 aromatic carbocycles. The predicted molar refractivity (Wildman–Crippen MR) is 168 cm³/mol. The topological polar surface area (TPSA) is 81.8 Å². The van der Waals surface area contributed by atoms with Gasteiger partial charge < -0.3 is 10.1 Å². The van der Waals surface area contributed by atoms with E-state index in [1.807, 2.05) is 0 Å². The zero-order valence-corrected chi connectivity index (χ0v) is 23.9. The molecule has 2 atom stereocenters. The lowest BCUT2D eigenvalue weighted by Crippen LogP contribution is -2.02. The lowest BCUT2D eigenvalue weighted by molar-refractivity contribution is 0.443. The fraction of sp³-hybridized carbons (Fsp3) is 0.314. The molecule has 0 aliphatic heterocycles. The van der Waals surface area contributed by atoms with Gasteiger partial charge in [0.15, 0.2) is 0 Å². The summed E-state index contributed by atoms with van der Waals surface area (Å²) in [7, 11) is 0. The maximum absolute atomic E-state index is 11.5. The molecule has 1 saturated carbocycles. The second-order valence-corrected chi connectivity index (χ2v) is 12.8. The van der Waals surface area contributed by atoms with Crippen LogP contribution in [-0.2, 0) is 6.42 Å². The van der Waals surface area contributed by atoms with Gasteiger partial charge in [0.05, 0.1) is 15.9 Å². The van der Waals surface area contributed by atoms with E-state index >= 15 is 0 Å². The van der Waals surface area contributed by atoms with Gasteiger partial charge in [-0.2, -0.15) is 0 Å². The van der Waals surface area contributed by atoms with Crippen molar-refractivity contribution in [1.82, 2.24) is 15.0 Å². The molecular formula is C35H35N3O2S. The van der Waals surface area contributed by atoms with E-state index in [1.54, 1.807) is 0 Å². The summed E-state index contributed by atoms with van der Waals surface area (Å²) in [5.74, 6) is 2.48. The second kappa shape index (κ2) is 11.2. The molecular weight excluding hydrogens is 526 g/mol. The molecule has 2 aromatic heterocycles. The summed E-state index contributed by atoms with van der Waals surface area (Å²) < 4.78 is 0. The minimum atomic E-state index is -0.190. The summed E-state index contributed by atoms with van der Waals surface area (Å²) in [6.45, 7) is 0. The number of nitrogens with one attached hydrogen (secondary N) is 2. The number of nitrogens with zero attached hydrogens (tertiary/aromatic N) is 1. The molecule has 2 heterocycles. The van der Waals surface area contributed by atoms with Crippen molar-refractivity contribution < 1.29 is 5.11 Å². The maximum Gasteiger partial charge on any atom is 0.307 e. The van der Waals surface area contributed by atoms with E-state index in [2.05, 4.69) is 88.9 Å². The van der Waals surface area contributed by atoms with Gasteiger partial charge in [-0.05, 0) is 90.7 Å². The molecule has 2 aliphatic rings. The first kappa shape index (κ1) is 26.0. The maximum atomic E-state index is 11.5. The van der Waals surface area contributed by atoms with Crippen LogP contribution in [0.1, 0.15) is 72.8 Å². The standard InChI is InChI=1S/C35H35N3O2S/c39-34-32(41-35(40)38-34)20-22-4-3-7-24(9-8-22)25-10-12-26(13-11-25)27-14-16-28(17-15-27)33-36-30-19-18-29(21-31(30)37-33)23-5-1-2-6-23/h3-4,10-19,21-24,39H,1-2,5-9,20H2,(H,36,37)(H,38,40). The SMILES string of the molecule is O=c1[nH]c(O)c(CC2C=CCC(c3ccc(-c4ccc(-c5nc6ccc(C7CCCC7)cc6[nH]5)cc4)cc3)CC2)s1. The van der Waals surface area contributed by atoms with Crippen LogP contribution in [0.5, 0.6) is 5.88 Å². The normalized spacial score (nSPS) is 19.6. The van der Waals surface area contributed by atoms with Crippen molar-refractivity contribution in [2.75, 3.05) is 0 Å². The molecule has 208 valence electrons. The smallest absolute Gasteiger partial charge is 0.307 e. The van der Waals surface area contributed by atoms with Gasteiger partial charge in [-0.3, -0.25) is 9.78 Å². The number of hydrogen-bond donors (Lipinski definition) is 3. The number of imidazole rings is 1. The van der Waals surface area contributed by atoms with Crippen molar-refractivity contribution in [3.8, 4) is 28.4 Å². The Morgan fingerprint density at radius 2 is 1.51 bits per heavy atom. The molecule has 0 spiro atoms. The fourth-order valence-electron chi connectivity index (χ4n) is 6.71. The average molecular weight is 562 g/mol. The number of hydrogen-bond acceptors (Lipinski definition) is 4. The number of allylic oxidation sites excluding steroid dienone is 2. The third-order valence-electron chi connectivity index (χ3n) is 9.07. The van der Waals surface area contributed by atoms with Crippen molar-refractivity contribution in [3.63, 3.8) is 0 Å². The summed E-state index contributed by atoms with van der Waals surface area (Å²) in [6.07, 6.45) is 13.7. The van der Waals surface area contributed by atoms with Crippen LogP contribution in [0.15, 0.2) is 83.7 Å². The van der Waals surface area contributed by atoms with E-state index in [-0.39, 0.29) is 10.8 Å². The van der Waals surface area contributed by atoms with Crippen LogP contribution in [0.25, 0.3) is 33.5 Å². The Morgan fingerprint density at radius 1 is 0.805 bits per heavy atom. The number of aromatic hydroxyl groups is 1. The van der Waals surface area contributed by atoms with Gasteiger partial charge in [-0.25, -0.2) is 4.98 Å². The van der Waals surface area contributed by atoms with E-state index in [9.17, 15) is 9.90 Å². The van der Waals surface area contributed by atoms with Gasteiger partial charge >= 0.3 is 4.87 Å². The number of benzene rings is 3. The van der Waals surface area contributed by atoms with E-state index in [1.165, 1.54) is 47.9 Å². The zero-order valence-electron chi connectivity index (χ0n) is 23.1. The van der Waals surface area contributed by atoms with Crippen LogP contribution in [0.2, 0.25) is 0 Å².